The van der Waals surface area contributed by atoms with Crippen LogP contribution in [0.3, 0.4) is 0 Å². The number of anilines is 1. The van der Waals surface area contributed by atoms with Gasteiger partial charge in [-0.25, -0.2) is 9.97 Å². The van der Waals surface area contributed by atoms with Crippen LogP contribution in [0.4, 0.5) is 18.9 Å². The summed E-state index contributed by atoms with van der Waals surface area (Å²) >= 11 is 0. The van der Waals surface area contributed by atoms with Crippen molar-refractivity contribution in [1.29, 1.82) is 0 Å². The number of ketones is 1. The van der Waals surface area contributed by atoms with E-state index in [1.165, 1.54) is 12.3 Å². The Morgan fingerprint density at radius 1 is 1.26 bits per heavy atom. The molecule has 0 amide bonds. The van der Waals surface area contributed by atoms with Crippen LogP contribution in [0.2, 0.25) is 0 Å². The first-order chi connectivity index (χ1) is 10.9. The van der Waals surface area contributed by atoms with Gasteiger partial charge in [-0.1, -0.05) is 0 Å². The monoisotopic (exact) mass is 322 g/mol. The third-order valence-electron chi connectivity index (χ3n) is 3.26. The molecule has 3 rings (SSSR count). The van der Waals surface area contributed by atoms with E-state index in [-0.39, 0.29) is 11.3 Å². The molecule has 118 valence electrons. The zero-order chi connectivity index (χ0) is 16.6. The molecular weight excluding hydrogens is 313 g/mol. The Bertz CT molecular complexity index is 889. The molecule has 0 aliphatic carbocycles. The maximum atomic E-state index is 12.7. The minimum atomic E-state index is -4.63. The third kappa shape index (κ3) is 2.61. The Morgan fingerprint density at radius 2 is 2.04 bits per heavy atom. The topological polar surface area (TPSA) is 90.9 Å². The number of H-pyrrole nitrogens is 1. The Labute approximate surface area is 127 Å². The molecule has 6 nitrogen and oxygen atoms in total. The second-order valence-corrected chi connectivity index (χ2v) is 4.66. The molecule has 0 aromatic carbocycles. The number of halogens is 3. The third-order valence-corrected chi connectivity index (χ3v) is 3.26. The van der Waals surface area contributed by atoms with Crippen molar-refractivity contribution in [2.75, 3.05) is 5.48 Å². The average Bonchev–Trinajstić information content (AvgIpc) is 3.01. The Morgan fingerprint density at radius 3 is 2.74 bits per heavy atom. The van der Waals surface area contributed by atoms with Crippen LogP contribution in [0.25, 0.3) is 11.0 Å². The summed E-state index contributed by atoms with van der Waals surface area (Å²) < 4.78 is 38.0. The molecule has 0 fully saturated rings. The van der Waals surface area contributed by atoms with Crippen LogP contribution in [0.1, 0.15) is 21.6 Å². The smallest absolute Gasteiger partial charge is 0.346 e. The number of alkyl halides is 3. The van der Waals surface area contributed by atoms with Crippen LogP contribution in [0.15, 0.2) is 36.8 Å². The molecule has 9 heteroatoms. The first-order valence-corrected chi connectivity index (χ1v) is 6.36. The van der Waals surface area contributed by atoms with E-state index < -0.39 is 23.2 Å². The van der Waals surface area contributed by atoms with E-state index in [4.69, 9.17) is 5.21 Å². The number of pyridine rings is 2. The fraction of sp³-hybridized carbons (Fsp3) is 0.0714. The lowest BCUT2D eigenvalue weighted by Gasteiger charge is -2.11. The zero-order valence-corrected chi connectivity index (χ0v) is 11.3. The normalized spacial score (nSPS) is 11.7. The number of hydrogen-bond donors (Lipinski definition) is 3. The van der Waals surface area contributed by atoms with E-state index in [1.54, 1.807) is 17.7 Å². The molecule has 3 aromatic rings. The van der Waals surface area contributed by atoms with Gasteiger partial charge in [0, 0.05) is 29.5 Å². The first kappa shape index (κ1) is 15.0. The Hall–Kier alpha value is -2.94. The highest BCUT2D eigenvalue weighted by atomic mass is 19.4. The van der Waals surface area contributed by atoms with E-state index in [0.29, 0.717) is 23.3 Å². The summed E-state index contributed by atoms with van der Waals surface area (Å²) in [6.07, 6.45) is -1.11. The Balaban J connectivity index is 2.11. The van der Waals surface area contributed by atoms with Gasteiger partial charge in [-0.2, -0.15) is 13.2 Å². The average molecular weight is 322 g/mol. The summed E-state index contributed by atoms with van der Waals surface area (Å²) in [7, 11) is 0. The molecular formula is C14H9F3N4O2. The van der Waals surface area contributed by atoms with Gasteiger partial charge < -0.3 is 4.98 Å². The first-order valence-electron chi connectivity index (χ1n) is 6.36. The van der Waals surface area contributed by atoms with Gasteiger partial charge >= 0.3 is 6.18 Å². The van der Waals surface area contributed by atoms with Crippen molar-refractivity contribution < 1.29 is 23.2 Å². The van der Waals surface area contributed by atoms with Crippen LogP contribution in [-0.4, -0.2) is 25.9 Å². The zero-order valence-electron chi connectivity index (χ0n) is 11.3. The van der Waals surface area contributed by atoms with Crippen molar-refractivity contribution in [3.63, 3.8) is 0 Å². The van der Waals surface area contributed by atoms with Gasteiger partial charge in [0.2, 0.25) is 5.78 Å². The molecule has 0 atom stereocenters. The second-order valence-electron chi connectivity index (χ2n) is 4.66. The van der Waals surface area contributed by atoms with E-state index in [1.807, 2.05) is 0 Å². The lowest BCUT2D eigenvalue weighted by molar-refractivity contribution is -0.137. The quantitative estimate of drug-likeness (QED) is 0.509. The number of aromatic nitrogens is 3. The highest BCUT2D eigenvalue weighted by molar-refractivity contribution is 6.16. The maximum absolute atomic E-state index is 12.7. The van der Waals surface area contributed by atoms with Crippen molar-refractivity contribution >= 4 is 22.5 Å². The van der Waals surface area contributed by atoms with E-state index in [9.17, 15) is 18.0 Å². The molecule has 3 N–H and O–H groups in total. The van der Waals surface area contributed by atoms with Crippen LogP contribution >= 0.6 is 0 Å². The number of carbonyl (C=O) groups is 1. The molecule has 0 saturated heterocycles. The largest absolute Gasteiger partial charge is 0.417 e. The molecule has 0 unspecified atom stereocenters. The number of nitrogens with zero attached hydrogens (tertiary/aromatic N) is 2. The minimum absolute atomic E-state index is 0.208. The summed E-state index contributed by atoms with van der Waals surface area (Å²) in [5.41, 5.74) is 0.435. The van der Waals surface area contributed by atoms with Gasteiger partial charge in [-0.05, 0) is 18.2 Å². The molecule has 0 bridgehead atoms. The number of nitrogens with one attached hydrogen (secondary N) is 2. The van der Waals surface area contributed by atoms with Crippen molar-refractivity contribution in [1.82, 2.24) is 15.0 Å². The van der Waals surface area contributed by atoms with Crippen molar-refractivity contribution in [2.24, 2.45) is 0 Å². The molecule has 0 spiro atoms. The van der Waals surface area contributed by atoms with Crippen molar-refractivity contribution in [2.45, 2.75) is 6.18 Å². The predicted octanol–water partition coefficient (Wildman–Crippen LogP) is 3.01. The minimum Gasteiger partial charge on any atom is -0.346 e. The lowest BCUT2D eigenvalue weighted by atomic mass is 10.0. The molecule has 3 aromatic heterocycles. The molecule has 3 heterocycles. The van der Waals surface area contributed by atoms with E-state index >= 15 is 0 Å². The van der Waals surface area contributed by atoms with Crippen LogP contribution in [0, 0.1) is 0 Å². The molecule has 0 aliphatic rings. The van der Waals surface area contributed by atoms with Gasteiger partial charge in [0.1, 0.15) is 11.3 Å². The summed E-state index contributed by atoms with van der Waals surface area (Å²) in [5.74, 6) is -0.637. The number of carbonyl (C=O) groups excluding carboxylic acids is 1. The van der Waals surface area contributed by atoms with Gasteiger partial charge in [-0.3, -0.25) is 15.5 Å². The highest BCUT2D eigenvalue weighted by Gasteiger charge is 2.32. The second kappa shape index (κ2) is 5.36. The summed E-state index contributed by atoms with van der Waals surface area (Å²) in [4.78, 5) is 23.0. The standard InChI is InChI=1S/C14H9F3N4O2/c15-14(16,17)7-5-10(21-23)11(20-6-7)12(22)8-1-3-18-13-9(8)2-4-19-13/h1-6,21,23H,(H,18,19). The summed E-state index contributed by atoms with van der Waals surface area (Å²) in [6, 6.07) is 3.67. The Kier molecular flexibility index (Phi) is 3.49. The van der Waals surface area contributed by atoms with Crippen molar-refractivity contribution in [3.8, 4) is 0 Å². The predicted molar refractivity (Wildman–Crippen MR) is 74.2 cm³/mol. The fourth-order valence-corrected chi connectivity index (χ4v) is 2.17. The summed E-state index contributed by atoms with van der Waals surface area (Å²) in [5, 5.41) is 9.55. The van der Waals surface area contributed by atoms with E-state index in [0.717, 1.165) is 0 Å². The van der Waals surface area contributed by atoms with Gasteiger partial charge in [0.25, 0.3) is 0 Å². The number of fused-ring (bicyclic) bond motifs is 1. The fourth-order valence-electron chi connectivity index (χ4n) is 2.17. The maximum Gasteiger partial charge on any atom is 0.417 e. The number of rotatable bonds is 3. The molecule has 23 heavy (non-hydrogen) atoms. The molecule has 0 aliphatic heterocycles. The van der Waals surface area contributed by atoms with Gasteiger partial charge in [0.05, 0.1) is 11.3 Å². The van der Waals surface area contributed by atoms with Gasteiger partial charge in [-0.15, -0.1) is 0 Å². The highest BCUT2D eigenvalue weighted by Crippen LogP contribution is 2.32. The van der Waals surface area contributed by atoms with Gasteiger partial charge in [0.15, 0.2) is 0 Å². The number of hydrogen-bond acceptors (Lipinski definition) is 5. The molecule has 0 radical (unpaired) electrons. The molecule has 0 saturated carbocycles. The lowest BCUT2D eigenvalue weighted by Crippen LogP contribution is -2.13. The number of aromatic amines is 1. The van der Waals surface area contributed by atoms with E-state index in [2.05, 4.69) is 15.0 Å². The van der Waals surface area contributed by atoms with Crippen LogP contribution in [-0.2, 0) is 6.18 Å². The van der Waals surface area contributed by atoms with Crippen LogP contribution in [0.5, 0.6) is 0 Å². The van der Waals surface area contributed by atoms with Crippen LogP contribution < -0.4 is 5.48 Å². The van der Waals surface area contributed by atoms with Crippen molar-refractivity contribution in [3.05, 3.63) is 53.6 Å². The summed E-state index contributed by atoms with van der Waals surface area (Å²) in [6.45, 7) is 0. The SMILES string of the molecule is O=C(c1ncc(C(F)(F)F)cc1NO)c1ccnc2[nH]ccc12.